The predicted octanol–water partition coefficient (Wildman–Crippen LogP) is 3.77. The molecule has 10 heteroatoms. The van der Waals surface area contributed by atoms with Crippen LogP contribution >= 0.6 is 0 Å². The summed E-state index contributed by atoms with van der Waals surface area (Å²) in [6.07, 6.45) is 4.21. The highest BCUT2D eigenvalue weighted by Gasteiger charge is 2.25. The van der Waals surface area contributed by atoms with E-state index in [1.54, 1.807) is 4.90 Å². The lowest BCUT2D eigenvalue weighted by atomic mass is 10.2. The van der Waals surface area contributed by atoms with Gasteiger partial charge >= 0.3 is 0 Å². The van der Waals surface area contributed by atoms with Gasteiger partial charge in [0.2, 0.25) is 17.7 Å². The molecule has 0 saturated carbocycles. The molecule has 0 bridgehead atoms. The molecule has 2 aliphatic heterocycles. The van der Waals surface area contributed by atoms with Crippen LogP contribution in [0.1, 0.15) is 40.7 Å². The van der Waals surface area contributed by atoms with Crippen LogP contribution in [-0.4, -0.2) is 52.9 Å². The first kappa shape index (κ1) is 24.6. The lowest BCUT2D eigenvalue weighted by Gasteiger charge is -2.19. The van der Waals surface area contributed by atoms with E-state index in [2.05, 4.69) is 15.3 Å². The number of amides is 2. The first-order valence-electron chi connectivity index (χ1n) is 12.4. The highest BCUT2D eigenvalue weighted by atomic mass is 19.1. The molecule has 1 aromatic heterocycles. The third kappa shape index (κ3) is 5.37. The van der Waals surface area contributed by atoms with Gasteiger partial charge in [0.25, 0.3) is 5.91 Å². The molecule has 1 saturated heterocycles. The summed E-state index contributed by atoms with van der Waals surface area (Å²) in [5.74, 6) is -1.56. The Kier molecular flexibility index (Phi) is 7.25. The minimum atomic E-state index is -0.745. The van der Waals surface area contributed by atoms with Gasteiger partial charge in [0.1, 0.15) is 23.8 Å². The molecular formula is C27H27F2N5O3. The van der Waals surface area contributed by atoms with E-state index in [0.717, 1.165) is 42.8 Å². The number of fused-ring (bicyclic) bond motifs is 1. The second-order valence-electron chi connectivity index (χ2n) is 9.00. The van der Waals surface area contributed by atoms with Gasteiger partial charge in [-0.25, -0.2) is 13.8 Å². The summed E-state index contributed by atoms with van der Waals surface area (Å²) in [7, 11) is 0. The molecule has 2 aromatic carbocycles. The van der Waals surface area contributed by atoms with Gasteiger partial charge in [-0.15, -0.1) is 0 Å². The lowest BCUT2D eigenvalue weighted by molar-refractivity contribution is -0.127. The molecule has 3 aromatic rings. The third-order valence-corrected chi connectivity index (χ3v) is 6.59. The highest BCUT2D eigenvalue weighted by Crippen LogP contribution is 2.33. The quantitative estimate of drug-likeness (QED) is 0.444. The number of para-hydroxylation sites is 1. The number of carbonyl (C=O) groups excluding carboxylic acids is 2. The summed E-state index contributed by atoms with van der Waals surface area (Å²) in [5.41, 5.74) is 1.92. The van der Waals surface area contributed by atoms with E-state index < -0.39 is 24.1 Å². The summed E-state index contributed by atoms with van der Waals surface area (Å²) >= 11 is 0. The molecule has 2 amide bonds. The molecule has 0 spiro atoms. The van der Waals surface area contributed by atoms with E-state index in [9.17, 15) is 18.4 Å². The Morgan fingerprint density at radius 3 is 2.65 bits per heavy atom. The smallest absolute Gasteiger partial charge is 0.258 e. The summed E-state index contributed by atoms with van der Waals surface area (Å²) < 4.78 is 34.1. The molecule has 8 nitrogen and oxygen atoms in total. The monoisotopic (exact) mass is 507 g/mol. The number of rotatable bonds is 9. The van der Waals surface area contributed by atoms with Gasteiger partial charge in [0.15, 0.2) is 0 Å². The molecule has 192 valence electrons. The van der Waals surface area contributed by atoms with Crippen molar-refractivity contribution in [2.75, 3.05) is 31.1 Å². The Morgan fingerprint density at radius 2 is 1.86 bits per heavy atom. The van der Waals surface area contributed by atoms with Crippen LogP contribution in [0.2, 0.25) is 0 Å². The summed E-state index contributed by atoms with van der Waals surface area (Å²) in [6, 6.07) is 11.5. The van der Waals surface area contributed by atoms with Crippen LogP contribution in [0, 0.1) is 11.6 Å². The SMILES string of the molecule is O=C(NCCCN1CCCC1=O)c1cnc(N2CCc3ccccc32)nc1OCc1c(F)cccc1F. The molecule has 0 radical (unpaired) electrons. The van der Waals surface area contributed by atoms with Crippen molar-refractivity contribution in [1.82, 2.24) is 20.2 Å². The fourth-order valence-corrected chi connectivity index (χ4v) is 4.62. The van der Waals surface area contributed by atoms with Crippen LogP contribution < -0.4 is 15.0 Å². The average molecular weight is 508 g/mol. The van der Waals surface area contributed by atoms with Crippen LogP contribution in [0.25, 0.3) is 0 Å². The number of hydrogen-bond donors (Lipinski definition) is 1. The first-order valence-corrected chi connectivity index (χ1v) is 12.4. The number of likely N-dealkylation sites (tertiary alicyclic amines) is 1. The fraction of sp³-hybridized carbons (Fsp3) is 0.333. The van der Waals surface area contributed by atoms with Gasteiger partial charge < -0.3 is 19.9 Å². The van der Waals surface area contributed by atoms with E-state index in [1.165, 1.54) is 12.3 Å². The van der Waals surface area contributed by atoms with Crippen molar-refractivity contribution in [1.29, 1.82) is 0 Å². The van der Waals surface area contributed by atoms with Crippen molar-refractivity contribution in [2.24, 2.45) is 0 Å². The largest absolute Gasteiger partial charge is 0.472 e. The number of aromatic nitrogens is 2. The van der Waals surface area contributed by atoms with E-state index >= 15 is 0 Å². The topological polar surface area (TPSA) is 87.7 Å². The van der Waals surface area contributed by atoms with Crippen LogP contribution in [0.5, 0.6) is 5.88 Å². The number of hydrogen-bond acceptors (Lipinski definition) is 6. The van der Waals surface area contributed by atoms with Crippen LogP contribution in [-0.2, 0) is 17.8 Å². The van der Waals surface area contributed by atoms with E-state index in [-0.39, 0.29) is 22.9 Å². The van der Waals surface area contributed by atoms with Gasteiger partial charge in [-0.2, -0.15) is 4.98 Å². The Labute approximate surface area is 213 Å². The minimum Gasteiger partial charge on any atom is -0.472 e. The second kappa shape index (κ2) is 10.9. The van der Waals surface area contributed by atoms with E-state index in [0.29, 0.717) is 38.4 Å². The number of halogens is 2. The molecule has 1 N–H and O–H groups in total. The van der Waals surface area contributed by atoms with Crippen LogP contribution in [0.4, 0.5) is 20.4 Å². The number of carbonyl (C=O) groups is 2. The first-order chi connectivity index (χ1) is 18.0. The fourth-order valence-electron chi connectivity index (χ4n) is 4.62. The number of benzene rings is 2. The molecule has 2 aliphatic rings. The number of anilines is 2. The second-order valence-corrected chi connectivity index (χ2v) is 9.00. The Hall–Kier alpha value is -4.08. The van der Waals surface area contributed by atoms with E-state index in [4.69, 9.17) is 4.74 Å². The number of nitrogens with one attached hydrogen (secondary N) is 1. The number of ether oxygens (including phenoxy) is 1. The van der Waals surface area contributed by atoms with Gasteiger partial charge in [0, 0.05) is 44.5 Å². The maximum atomic E-state index is 14.2. The lowest BCUT2D eigenvalue weighted by Crippen LogP contribution is -2.31. The van der Waals surface area contributed by atoms with Crippen molar-refractivity contribution in [3.8, 4) is 5.88 Å². The zero-order chi connectivity index (χ0) is 25.8. The Bertz CT molecular complexity index is 1300. The molecule has 1 fully saturated rings. The van der Waals surface area contributed by atoms with Gasteiger partial charge in [-0.1, -0.05) is 24.3 Å². The Morgan fingerprint density at radius 1 is 1.05 bits per heavy atom. The summed E-state index contributed by atoms with van der Waals surface area (Å²) in [6.45, 7) is 1.86. The normalized spacial score (nSPS) is 14.7. The molecular weight excluding hydrogens is 480 g/mol. The maximum absolute atomic E-state index is 14.2. The van der Waals surface area contributed by atoms with Crippen LogP contribution in [0.15, 0.2) is 48.7 Å². The number of nitrogens with zero attached hydrogens (tertiary/aromatic N) is 4. The van der Waals surface area contributed by atoms with Crippen molar-refractivity contribution < 1.29 is 23.1 Å². The molecule has 37 heavy (non-hydrogen) atoms. The summed E-state index contributed by atoms with van der Waals surface area (Å²) in [4.78, 5) is 37.4. The van der Waals surface area contributed by atoms with Crippen molar-refractivity contribution >= 4 is 23.5 Å². The zero-order valence-electron chi connectivity index (χ0n) is 20.3. The standard InChI is InChI=1S/C27H27F2N5O3/c28-21-7-3-8-22(29)20(21)17-37-26-19(25(36)30-12-5-14-33-13-4-10-24(33)35)16-31-27(32-26)34-15-11-18-6-1-2-9-23(18)34/h1-3,6-9,16H,4-5,10-15,17H2,(H,30,36). The summed E-state index contributed by atoms with van der Waals surface area (Å²) in [5, 5.41) is 2.81. The molecule has 0 unspecified atom stereocenters. The molecule has 0 aliphatic carbocycles. The zero-order valence-corrected chi connectivity index (χ0v) is 20.3. The minimum absolute atomic E-state index is 0.0604. The third-order valence-electron chi connectivity index (χ3n) is 6.59. The van der Waals surface area contributed by atoms with E-state index in [1.807, 2.05) is 29.2 Å². The van der Waals surface area contributed by atoms with Gasteiger partial charge in [0.05, 0.1) is 5.56 Å². The van der Waals surface area contributed by atoms with Crippen molar-refractivity contribution in [3.63, 3.8) is 0 Å². The maximum Gasteiger partial charge on any atom is 0.258 e. The van der Waals surface area contributed by atoms with Gasteiger partial charge in [-0.3, -0.25) is 9.59 Å². The van der Waals surface area contributed by atoms with Crippen molar-refractivity contribution in [2.45, 2.75) is 32.3 Å². The van der Waals surface area contributed by atoms with Gasteiger partial charge in [-0.05, 0) is 43.0 Å². The molecule has 0 atom stereocenters. The molecule has 5 rings (SSSR count). The van der Waals surface area contributed by atoms with Crippen molar-refractivity contribution in [3.05, 3.63) is 77.0 Å². The van der Waals surface area contributed by atoms with Crippen LogP contribution in [0.3, 0.4) is 0 Å². The highest BCUT2D eigenvalue weighted by molar-refractivity contribution is 5.96. The Balaban J connectivity index is 1.34. The predicted molar refractivity (Wildman–Crippen MR) is 133 cm³/mol. The average Bonchev–Trinajstić information content (AvgIpc) is 3.52. The molecule has 3 heterocycles.